The second-order valence-electron chi connectivity index (χ2n) is 4.93. The fourth-order valence-electron chi connectivity index (χ4n) is 1.98. The molecule has 2 aromatic rings. The third-order valence-electron chi connectivity index (χ3n) is 3.52. The molecule has 0 spiro atoms. The molecule has 7 heteroatoms. The molecule has 4 nitrogen and oxygen atoms in total. The highest BCUT2D eigenvalue weighted by Gasteiger charge is 2.72. The summed E-state index contributed by atoms with van der Waals surface area (Å²) < 4.78 is 39.2. The normalized spacial score (nSPS) is 24.4. The number of hydrogen-bond acceptors (Lipinski definition) is 2. The lowest BCUT2D eigenvalue weighted by molar-refractivity contribution is -0.123. The van der Waals surface area contributed by atoms with Crippen molar-refractivity contribution in [2.75, 3.05) is 5.32 Å². The van der Waals surface area contributed by atoms with Gasteiger partial charge in [-0.2, -0.15) is 5.10 Å². The lowest BCUT2D eigenvalue weighted by Crippen LogP contribution is -2.26. The number of rotatable bonds is 2. The van der Waals surface area contributed by atoms with E-state index >= 15 is 0 Å². The zero-order valence-corrected chi connectivity index (χ0v) is 9.93. The van der Waals surface area contributed by atoms with E-state index in [0.29, 0.717) is 10.9 Å². The van der Waals surface area contributed by atoms with E-state index in [0.717, 1.165) is 0 Å². The molecule has 1 amide bonds. The van der Waals surface area contributed by atoms with Gasteiger partial charge in [0.2, 0.25) is 5.91 Å². The van der Waals surface area contributed by atoms with Crippen LogP contribution in [0.4, 0.5) is 19.0 Å². The molecule has 1 atom stereocenters. The van der Waals surface area contributed by atoms with Crippen LogP contribution in [-0.2, 0) is 4.79 Å². The van der Waals surface area contributed by atoms with Crippen LogP contribution in [0.1, 0.15) is 13.3 Å². The van der Waals surface area contributed by atoms with Crippen LogP contribution in [0.3, 0.4) is 0 Å². The van der Waals surface area contributed by atoms with Gasteiger partial charge < -0.3 is 5.32 Å². The maximum atomic E-state index is 13.1. The highest BCUT2D eigenvalue weighted by molar-refractivity contribution is 6.03. The number of nitrogens with one attached hydrogen (secondary N) is 2. The Kier molecular flexibility index (Phi) is 2.21. The van der Waals surface area contributed by atoms with Crippen molar-refractivity contribution in [2.24, 2.45) is 5.41 Å². The largest absolute Gasteiger partial charge is 0.308 e. The zero-order chi connectivity index (χ0) is 13.8. The molecule has 0 bridgehead atoms. The smallest absolute Gasteiger partial charge is 0.263 e. The van der Waals surface area contributed by atoms with Gasteiger partial charge in [-0.1, -0.05) is 0 Å². The van der Waals surface area contributed by atoms with E-state index in [9.17, 15) is 18.0 Å². The third kappa shape index (κ3) is 1.68. The van der Waals surface area contributed by atoms with Crippen LogP contribution in [0.25, 0.3) is 10.9 Å². The predicted molar refractivity (Wildman–Crippen MR) is 62.4 cm³/mol. The summed E-state index contributed by atoms with van der Waals surface area (Å²) in [6.45, 7) is 1.21. The van der Waals surface area contributed by atoms with Crippen molar-refractivity contribution in [1.29, 1.82) is 0 Å². The Bertz CT molecular complexity index is 682. The van der Waals surface area contributed by atoms with E-state index in [-0.39, 0.29) is 5.82 Å². The topological polar surface area (TPSA) is 57.8 Å². The highest BCUT2D eigenvalue weighted by Crippen LogP contribution is 2.60. The van der Waals surface area contributed by atoms with Crippen LogP contribution in [0, 0.1) is 11.2 Å². The lowest BCUT2D eigenvalue weighted by atomic mass is 10.1. The van der Waals surface area contributed by atoms with Crippen molar-refractivity contribution < 1.29 is 18.0 Å². The molecular weight excluding hydrogens is 259 g/mol. The van der Waals surface area contributed by atoms with E-state index in [1.54, 1.807) is 0 Å². The van der Waals surface area contributed by atoms with E-state index in [1.807, 2.05) is 0 Å². The molecule has 1 heterocycles. The Labute approximate surface area is 106 Å². The van der Waals surface area contributed by atoms with Crippen molar-refractivity contribution >= 4 is 22.6 Å². The third-order valence-corrected chi connectivity index (χ3v) is 3.52. The first-order valence-corrected chi connectivity index (χ1v) is 5.66. The Morgan fingerprint density at radius 2 is 2.16 bits per heavy atom. The number of amides is 1. The van der Waals surface area contributed by atoms with Crippen molar-refractivity contribution in [1.82, 2.24) is 10.2 Å². The number of hydrogen-bond donors (Lipinski definition) is 2. The van der Waals surface area contributed by atoms with Gasteiger partial charge in [0.15, 0.2) is 5.82 Å². The van der Waals surface area contributed by atoms with Crippen LogP contribution in [0.2, 0.25) is 0 Å². The number of carbonyl (C=O) groups is 1. The molecule has 1 fully saturated rings. The molecule has 1 unspecified atom stereocenters. The Morgan fingerprint density at radius 3 is 2.79 bits per heavy atom. The van der Waals surface area contributed by atoms with Gasteiger partial charge in [0, 0.05) is 11.8 Å². The summed E-state index contributed by atoms with van der Waals surface area (Å²) in [5, 5.41) is 9.16. The number of benzene rings is 1. The second kappa shape index (κ2) is 3.49. The summed E-state index contributed by atoms with van der Waals surface area (Å²) in [5.74, 6) is -4.08. The molecule has 1 aliphatic carbocycles. The van der Waals surface area contributed by atoms with E-state index < -0.39 is 29.5 Å². The van der Waals surface area contributed by atoms with Crippen LogP contribution < -0.4 is 5.32 Å². The van der Waals surface area contributed by atoms with E-state index in [2.05, 4.69) is 15.5 Å². The van der Waals surface area contributed by atoms with Crippen LogP contribution in [-0.4, -0.2) is 22.0 Å². The number of fused-ring (bicyclic) bond motifs is 1. The maximum absolute atomic E-state index is 13.1. The molecule has 0 aliphatic heterocycles. The van der Waals surface area contributed by atoms with E-state index in [1.165, 1.54) is 25.1 Å². The first kappa shape index (κ1) is 12.0. The fraction of sp³-hybridized carbons (Fsp3) is 0.333. The number of H-pyrrole nitrogens is 1. The average Bonchev–Trinajstić information content (AvgIpc) is 2.68. The van der Waals surface area contributed by atoms with Gasteiger partial charge in [-0.3, -0.25) is 9.89 Å². The van der Waals surface area contributed by atoms with Crippen molar-refractivity contribution in [2.45, 2.75) is 19.3 Å². The van der Waals surface area contributed by atoms with Crippen molar-refractivity contribution in [3.8, 4) is 0 Å². The molecule has 2 N–H and O–H groups in total. The molecule has 1 aliphatic rings. The number of aromatic nitrogens is 2. The minimum Gasteiger partial charge on any atom is -0.308 e. The summed E-state index contributed by atoms with van der Waals surface area (Å²) in [5.41, 5.74) is -1.29. The van der Waals surface area contributed by atoms with Gasteiger partial charge in [-0.25, -0.2) is 13.2 Å². The van der Waals surface area contributed by atoms with Gasteiger partial charge in [0.05, 0.1) is 5.52 Å². The maximum Gasteiger partial charge on any atom is 0.263 e. The summed E-state index contributed by atoms with van der Waals surface area (Å²) in [6, 6.07) is 3.85. The van der Waals surface area contributed by atoms with Crippen LogP contribution >= 0.6 is 0 Å². The number of alkyl halides is 2. The number of carbonyl (C=O) groups excluding carboxylic acids is 1. The highest BCUT2D eigenvalue weighted by atomic mass is 19.3. The molecule has 100 valence electrons. The predicted octanol–water partition coefficient (Wildman–Crippen LogP) is 2.69. The van der Waals surface area contributed by atoms with Crippen molar-refractivity contribution in [3.63, 3.8) is 0 Å². The summed E-state index contributed by atoms with van der Waals surface area (Å²) in [7, 11) is 0. The number of nitrogens with zero attached hydrogens (tertiary/aromatic N) is 1. The minimum atomic E-state index is -2.98. The fourth-order valence-corrected chi connectivity index (χ4v) is 1.98. The molecule has 3 rings (SSSR count). The van der Waals surface area contributed by atoms with E-state index in [4.69, 9.17) is 0 Å². The standard InChI is InChI=1S/C12H10F3N3O/c1-11(5-12(11,14)15)10(19)16-9-7-3-2-6(13)4-8(7)17-18-9/h2-4H,5H2,1H3,(H2,16,17,18,19). The van der Waals surface area contributed by atoms with Crippen LogP contribution in [0.15, 0.2) is 18.2 Å². The lowest BCUT2D eigenvalue weighted by Gasteiger charge is -2.09. The van der Waals surface area contributed by atoms with Gasteiger partial charge in [-0.05, 0) is 25.1 Å². The van der Waals surface area contributed by atoms with Gasteiger partial charge in [0.25, 0.3) is 5.92 Å². The number of anilines is 1. The summed E-state index contributed by atoms with van der Waals surface area (Å²) in [6.07, 6.45) is -0.469. The van der Waals surface area contributed by atoms with Gasteiger partial charge in [0.1, 0.15) is 11.2 Å². The Balaban J connectivity index is 1.89. The van der Waals surface area contributed by atoms with Gasteiger partial charge in [-0.15, -0.1) is 0 Å². The first-order valence-electron chi connectivity index (χ1n) is 5.66. The molecule has 1 aromatic carbocycles. The molecular formula is C12H10F3N3O. The monoisotopic (exact) mass is 269 g/mol. The molecule has 1 saturated carbocycles. The average molecular weight is 269 g/mol. The molecule has 0 radical (unpaired) electrons. The SMILES string of the molecule is CC1(C(=O)Nc2n[nH]c3cc(F)ccc23)CC1(F)F. The number of halogens is 3. The Morgan fingerprint density at radius 1 is 1.47 bits per heavy atom. The summed E-state index contributed by atoms with van der Waals surface area (Å²) >= 11 is 0. The zero-order valence-electron chi connectivity index (χ0n) is 9.93. The molecule has 0 saturated heterocycles. The van der Waals surface area contributed by atoms with Gasteiger partial charge >= 0.3 is 0 Å². The number of aromatic amines is 1. The summed E-state index contributed by atoms with van der Waals surface area (Å²) in [4.78, 5) is 11.8. The minimum absolute atomic E-state index is 0.129. The second-order valence-corrected chi connectivity index (χ2v) is 4.93. The Hall–Kier alpha value is -2.05. The molecule has 1 aromatic heterocycles. The van der Waals surface area contributed by atoms with Crippen LogP contribution in [0.5, 0.6) is 0 Å². The molecule has 19 heavy (non-hydrogen) atoms. The van der Waals surface area contributed by atoms with Crippen molar-refractivity contribution in [3.05, 3.63) is 24.0 Å². The quantitative estimate of drug-likeness (QED) is 0.880. The first-order chi connectivity index (χ1) is 8.83.